The molecule has 0 radical (unpaired) electrons. The summed E-state index contributed by atoms with van der Waals surface area (Å²) in [6.07, 6.45) is 4.27. The fourth-order valence-electron chi connectivity index (χ4n) is 2.69. The van der Waals surface area contributed by atoms with Crippen molar-refractivity contribution in [2.45, 2.75) is 32.9 Å². The lowest BCUT2D eigenvalue weighted by Gasteiger charge is -2.22. The van der Waals surface area contributed by atoms with Crippen LogP contribution in [0.5, 0.6) is 5.75 Å². The maximum absolute atomic E-state index is 13.0. The molecule has 2 aromatic heterocycles. The first kappa shape index (κ1) is 18.3. The van der Waals surface area contributed by atoms with Gasteiger partial charge in [0.05, 0.1) is 18.6 Å². The van der Waals surface area contributed by atoms with E-state index in [9.17, 15) is 4.79 Å². The highest BCUT2D eigenvalue weighted by Gasteiger charge is 2.17. The number of furan rings is 1. The summed E-state index contributed by atoms with van der Waals surface area (Å²) >= 11 is 1.71. The van der Waals surface area contributed by atoms with Gasteiger partial charge in [-0.2, -0.15) is 0 Å². The van der Waals surface area contributed by atoms with Crippen molar-refractivity contribution in [2.24, 2.45) is 0 Å². The maximum atomic E-state index is 13.0. The Balaban J connectivity index is 1.72. The van der Waals surface area contributed by atoms with Crippen LogP contribution in [0.4, 0.5) is 0 Å². The van der Waals surface area contributed by atoms with E-state index >= 15 is 0 Å². The first-order valence-electron chi connectivity index (χ1n) is 8.71. The number of carbonyl (C=O) groups is 1. The van der Waals surface area contributed by atoms with Gasteiger partial charge in [0.15, 0.2) is 0 Å². The first-order valence-corrected chi connectivity index (χ1v) is 9.59. The second-order valence-corrected chi connectivity index (χ2v) is 7.41. The van der Waals surface area contributed by atoms with Crippen molar-refractivity contribution in [1.82, 2.24) is 4.90 Å². The number of benzene rings is 1. The van der Waals surface area contributed by atoms with E-state index in [-0.39, 0.29) is 12.0 Å². The highest BCUT2D eigenvalue weighted by Crippen LogP contribution is 2.18. The average Bonchev–Trinajstić information content (AvgIpc) is 3.32. The first-order chi connectivity index (χ1) is 12.6. The SMILES string of the molecule is CC(C)Oc1ccc(C(=O)N(CCc2cccs2)Cc2ccoc2)cc1. The van der Waals surface area contributed by atoms with Crippen LogP contribution in [0, 0.1) is 0 Å². The summed E-state index contributed by atoms with van der Waals surface area (Å²) in [5.41, 5.74) is 1.65. The third kappa shape index (κ3) is 4.99. The molecule has 0 bridgehead atoms. The fourth-order valence-corrected chi connectivity index (χ4v) is 3.38. The van der Waals surface area contributed by atoms with Gasteiger partial charge in [-0.25, -0.2) is 0 Å². The van der Waals surface area contributed by atoms with Gasteiger partial charge in [-0.1, -0.05) is 6.07 Å². The Morgan fingerprint density at radius 2 is 2.00 bits per heavy atom. The minimum atomic E-state index is 0.0128. The number of carbonyl (C=O) groups excluding carboxylic acids is 1. The number of hydrogen-bond donors (Lipinski definition) is 0. The van der Waals surface area contributed by atoms with Crippen LogP contribution in [0.2, 0.25) is 0 Å². The molecule has 2 heterocycles. The van der Waals surface area contributed by atoms with Gasteiger partial charge in [0.2, 0.25) is 0 Å². The molecule has 0 aliphatic rings. The summed E-state index contributed by atoms with van der Waals surface area (Å²) in [6.45, 7) is 5.16. The van der Waals surface area contributed by atoms with Gasteiger partial charge < -0.3 is 14.1 Å². The van der Waals surface area contributed by atoms with E-state index in [0.717, 1.165) is 17.7 Å². The monoisotopic (exact) mass is 369 g/mol. The van der Waals surface area contributed by atoms with E-state index in [1.165, 1.54) is 4.88 Å². The third-order valence-electron chi connectivity index (χ3n) is 3.92. The fraction of sp³-hybridized carbons (Fsp3) is 0.286. The lowest BCUT2D eigenvalue weighted by Crippen LogP contribution is -2.32. The molecule has 1 amide bonds. The lowest BCUT2D eigenvalue weighted by atomic mass is 10.1. The Labute approximate surface area is 158 Å². The van der Waals surface area contributed by atoms with E-state index in [1.807, 2.05) is 55.1 Å². The molecule has 0 aliphatic heterocycles. The molecular weight excluding hydrogens is 346 g/mol. The van der Waals surface area contributed by atoms with E-state index in [1.54, 1.807) is 23.9 Å². The largest absolute Gasteiger partial charge is 0.491 e. The zero-order valence-electron chi connectivity index (χ0n) is 15.1. The zero-order chi connectivity index (χ0) is 18.4. The molecule has 0 N–H and O–H groups in total. The molecule has 0 aliphatic carbocycles. The van der Waals surface area contributed by atoms with Crippen LogP contribution in [0.25, 0.3) is 0 Å². The molecule has 0 saturated heterocycles. The van der Waals surface area contributed by atoms with Crippen LogP contribution in [-0.2, 0) is 13.0 Å². The van der Waals surface area contributed by atoms with Crippen molar-refractivity contribution < 1.29 is 13.9 Å². The van der Waals surface area contributed by atoms with Crippen LogP contribution in [0.3, 0.4) is 0 Å². The minimum absolute atomic E-state index is 0.0128. The molecule has 136 valence electrons. The number of hydrogen-bond acceptors (Lipinski definition) is 4. The van der Waals surface area contributed by atoms with Gasteiger partial charge in [0.25, 0.3) is 5.91 Å². The molecule has 1 aromatic carbocycles. The summed E-state index contributed by atoms with van der Waals surface area (Å²) in [6, 6.07) is 13.4. The molecule has 0 unspecified atom stereocenters. The molecule has 3 aromatic rings. The van der Waals surface area contributed by atoms with E-state index < -0.39 is 0 Å². The van der Waals surface area contributed by atoms with Crippen molar-refractivity contribution in [3.05, 3.63) is 76.4 Å². The summed E-state index contributed by atoms with van der Waals surface area (Å²) in [4.78, 5) is 16.2. The van der Waals surface area contributed by atoms with Crippen LogP contribution in [-0.4, -0.2) is 23.5 Å². The summed E-state index contributed by atoms with van der Waals surface area (Å²) in [5.74, 6) is 0.787. The molecule has 0 spiro atoms. The standard InChI is InChI=1S/C21H23NO3S/c1-16(2)25-19-7-5-18(6-8-19)21(23)22(14-17-10-12-24-15-17)11-9-20-4-3-13-26-20/h3-8,10,12-13,15-16H,9,11,14H2,1-2H3. The molecule has 5 heteroatoms. The van der Waals surface area contributed by atoms with Gasteiger partial charge in [0, 0.05) is 29.1 Å². The smallest absolute Gasteiger partial charge is 0.254 e. The Morgan fingerprint density at radius 1 is 1.19 bits per heavy atom. The summed E-state index contributed by atoms with van der Waals surface area (Å²) in [7, 11) is 0. The van der Waals surface area contributed by atoms with Crippen molar-refractivity contribution in [1.29, 1.82) is 0 Å². The maximum Gasteiger partial charge on any atom is 0.254 e. The molecule has 0 atom stereocenters. The molecule has 26 heavy (non-hydrogen) atoms. The van der Waals surface area contributed by atoms with Gasteiger partial charge in [0.1, 0.15) is 5.75 Å². The highest BCUT2D eigenvalue weighted by atomic mass is 32.1. The van der Waals surface area contributed by atoms with Gasteiger partial charge >= 0.3 is 0 Å². The van der Waals surface area contributed by atoms with Crippen molar-refractivity contribution in [3.8, 4) is 5.75 Å². The molecule has 4 nitrogen and oxygen atoms in total. The zero-order valence-corrected chi connectivity index (χ0v) is 15.9. The molecule has 3 rings (SSSR count). The van der Waals surface area contributed by atoms with Gasteiger partial charge in [-0.05, 0) is 62.0 Å². The Hall–Kier alpha value is -2.53. The van der Waals surface area contributed by atoms with Crippen molar-refractivity contribution >= 4 is 17.2 Å². The number of thiophene rings is 1. The van der Waals surface area contributed by atoms with Gasteiger partial charge in [-0.3, -0.25) is 4.79 Å². The topological polar surface area (TPSA) is 42.7 Å². The Morgan fingerprint density at radius 3 is 2.62 bits per heavy atom. The van der Waals surface area contributed by atoms with Crippen LogP contribution in [0.1, 0.15) is 34.6 Å². The Bertz CT molecular complexity index is 792. The van der Waals surface area contributed by atoms with Gasteiger partial charge in [-0.15, -0.1) is 11.3 Å². The number of amides is 1. The van der Waals surface area contributed by atoms with E-state index in [0.29, 0.717) is 18.7 Å². The van der Waals surface area contributed by atoms with E-state index in [4.69, 9.17) is 9.15 Å². The average molecular weight is 369 g/mol. The third-order valence-corrected chi connectivity index (χ3v) is 4.86. The second-order valence-electron chi connectivity index (χ2n) is 6.38. The minimum Gasteiger partial charge on any atom is -0.491 e. The normalized spacial score (nSPS) is 10.9. The predicted molar refractivity (Wildman–Crippen MR) is 104 cm³/mol. The van der Waals surface area contributed by atoms with Crippen LogP contribution < -0.4 is 4.74 Å². The van der Waals surface area contributed by atoms with Crippen LogP contribution in [0.15, 0.2) is 64.8 Å². The van der Waals surface area contributed by atoms with E-state index in [2.05, 4.69) is 11.4 Å². The number of nitrogens with zero attached hydrogens (tertiary/aromatic N) is 1. The highest BCUT2D eigenvalue weighted by molar-refractivity contribution is 7.09. The number of rotatable bonds is 8. The molecular formula is C21H23NO3S. The quantitative estimate of drug-likeness (QED) is 0.560. The molecule has 0 saturated carbocycles. The second kappa shape index (κ2) is 8.72. The van der Waals surface area contributed by atoms with Crippen molar-refractivity contribution in [2.75, 3.05) is 6.54 Å². The molecule has 0 fully saturated rings. The number of ether oxygens (including phenoxy) is 1. The predicted octanol–water partition coefficient (Wildman–Crippen LogP) is 5.01. The van der Waals surface area contributed by atoms with Crippen LogP contribution >= 0.6 is 11.3 Å². The Kier molecular flexibility index (Phi) is 6.12. The lowest BCUT2D eigenvalue weighted by molar-refractivity contribution is 0.0745. The summed E-state index contributed by atoms with van der Waals surface area (Å²) < 4.78 is 10.8. The summed E-state index contributed by atoms with van der Waals surface area (Å²) in [5, 5.41) is 2.06. The van der Waals surface area contributed by atoms with Crippen molar-refractivity contribution in [3.63, 3.8) is 0 Å².